The highest BCUT2D eigenvalue weighted by Gasteiger charge is 2.66. The van der Waals surface area contributed by atoms with E-state index in [9.17, 15) is 19.6 Å². The van der Waals surface area contributed by atoms with E-state index in [0.717, 1.165) is 36.7 Å². The van der Waals surface area contributed by atoms with Crippen LogP contribution in [0.25, 0.3) is 11.2 Å². The quantitative estimate of drug-likeness (QED) is 0.146. The molecule has 0 radical (unpaired) electrons. The van der Waals surface area contributed by atoms with Gasteiger partial charge in [-0.3, -0.25) is 13.9 Å². The van der Waals surface area contributed by atoms with Crippen LogP contribution in [0.1, 0.15) is 58.0 Å². The average molecular weight is 662 g/mol. The number of alkyl halides is 1. The van der Waals surface area contributed by atoms with Gasteiger partial charge in [-0.25, -0.2) is 18.9 Å². The monoisotopic (exact) mass is 661 g/mol. The zero-order valence-electron chi connectivity index (χ0n) is 25.7. The summed E-state index contributed by atoms with van der Waals surface area (Å²) in [6, 6.07) is 6.67. The molecule has 2 aliphatic rings. The lowest BCUT2D eigenvalue weighted by Crippen LogP contribution is -2.50. The number of esters is 1. The first-order valence-corrected chi connectivity index (χ1v) is 16.5. The summed E-state index contributed by atoms with van der Waals surface area (Å²) in [4.78, 5) is 25.6. The van der Waals surface area contributed by atoms with E-state index in [0.29, 0.717) is 0 Å². The minimum absolute atomic E-state index is 0.0787. The first-order valence-electron chi connectivity index (χ1n) is 15.0. The molecular weight excluding hydrogens is 624 g/mol. The van der Waals surface area contributed by atoms with E-state index in [1.54, 1.807) is 32.0 Å². The van der Waals surface area contributed by atoms with E-state index in [1.165, 1.54) is 25.4 Å². The highest BCUT2D eigenvalue weighted by Crippen LogP contribution is 2.51. The third kappa shape index (κ3) is 6.88. The largest absolute Gasteiger partial charge is 0.476 e. The number of para-hydroxylation sites is 1. The lowest BCUT2D eigenvalue weighted by Gasteiger charge is -2.29. The molecule has 5 rings (SSSR count). The van der Waals surface area contributed by atoms with Gasteiger partial charge in [0.25, 0.3) is 5.85 Å². The number of rotatable bonds is 12. The van der Waals surface area contributed by atoms with Crippen LogP contribution in [0.2, 0.25) is 0 Å². The normalized spacial score (nSPS) is 27.1. The van der Waals surface area contributed by atoms with Crippen molar-refractivity contribution in [1.82, 2.24) is 24.6 Å². The number of nitrogens with zero attached hydrogens (tertiary/aromatic N) is 4. The topological polar surface area (TPSA) is 176 Å². The molecule has 3 aromatic rings. The van der Waals surface area contributed by atoms with Crippen molar-refractivity contribution in [3.63, 3.8) is 0 Å². The maximum atomic E-state index is 16.5. The van der Waals surface area contributed by atoms with Crippen molar-refractivity contribution in [3.8, 4) is 24.0 Å². The van der Waals surface area contributed by atoms with E-state index in [2.05, 4.69) is 20.0 Å². The summed E-state index contributed by atoms with van der Waals surface area (Å²) in [7, 11) is -4.59. The Morgan fingerprint density at radius 1 is 1.28 bits per heavy atom. The first kappa shape index (κ1) is 33.7. The minimum Gasteiger partial charge on any atom is -0.476 e. The number of imidazole rings is 1. The molecule has 1 aliphatic heterocycles. The maximum absolute atomic E-state index is 16.5. The molecule has 6 atom stereocenters. The Balaban J connectivity index is 1.39. The number of hydrogen-bond acceptors (Lipinski definition) is 12. The van der Waals surface area contributed by atoms with Gasteiger partial charge in [0.2, 0.25) is 11.5 Å². The van der Waals surface area contributed by atoms with E-state index in [-0.39, 0.29) is 41.3 Å². The summed E-state index contributed by atoms with van der Waals surface area (Å²) in [5.41, 5.74) is -2.42. The van der Waals surface area contributed by atoms with Crippen molar-refractivity contribution in [2.75, 3.05) is 13.2 Å². The van der Waals surface area contributed by atoms with E-state index >= 15 is 4.39 Å². The van der Waals surface area contributed by atoms with Gasteiger partial charge in [-0.05, 0) is 58.6 Å². The van der Waals surface area contributed by atoms with Gasteiger partial charge in [-0.1, -0.05) is 30.5 Å². The summed E-state index contributed by atoms with van der Waals surface area (Å²) >= 11 is 0. The number of benzene rings is 1. The van der Waals surface area contributed by atoms with Crippen LogP contribution >= 0.6 is 7.75 Å². The van der Waals surface area contributed by atoms with E-state index in [1.807, 2.05) is 5.92 Å². The van der Waals surface area contributed by atoms with Gasteiger partial charge < -0.3 is 28.9 Å². The molecule has 1 unspecified atom stereocenters. The van der Waals surface area contributed by atoms with Crippen molar-refractivity contribution >= 4 is 24.9 Å². The van der Waals surface area contributed by atoms with Crippen LogP contribution < -0.4 is 14.3 Å². The molecule has 2 fully saturated rings. The Hall–Kier alpha value is -3.64. The van der Waals surface area contributed by atoms with Crippen LogP contribution in [0.3, 0.4) is 0 Å². The second-order valence-corrected chi connectivity index (χ2v) is 12.9. The second kappa shape index (κ2) is 13.6. The van der Waals surface area contributed by atoms with Gasteiger partial charge >= 0.3 is 13.7 Å². The maximum Gasteiger partial charge on any atom is 0.459 e. The third-order valence-electron chi connectivity index (χ3n) is 7.72. The van der Waals surface area contributed by atoms with E-state index < -0.39 is 50.2 Å². The number of aliphatic hydroxyl groups excluding tert-OH is 1. The number of carbonyl (C=O) groups excluding carboxylic acids is 1. The zero-order valence-corrected chi connectivity index (χ0v) is 26.6. The number of aromatic nitrogens is 4. The zero-order chi connectivity index (χ0) is 33.1. The number of carbonyl (C=O) groups is 1. The fourth-order valence-corrected chi connectivity index (χ4v) is 6.87. The highest BCUT2D eigenvalue weighted by molar-refractivity contribution is 7.52. The van der Waals surface area contributed by atoms with Crippen LogP contribution in [0.15, 0.2) is 36.7 Å². The van der Waals surface area contributed by atoms with Gasteiger partial charge in [-0.15, -0.1) is 6.42 Å². The van der Waals surface area contributed by atoms with Crippen molar-refractivity contribution in [2.24, 2.45) is 0 Å². The number of halogens is 1. The third-order valence-corrected chi connectivity index (χ3v) is 9.34. The summed E-state index contributed by atoms with van der Waals surface area (Å²) in [5.74, 6) is -1.43. The fourth-order valence-electron chi connectivity index (χ4n) is 5.36. The van der Waals surface area contributed by atoms with Gasteiger partial charge in [0.15, 0.2) is 23.5 Å². The lowest BCUT2D eigenvalue weighted by molar-refractivity contribution is -0.202. The summed E-state index contributed by atoms with van der Waals surface area (Å²) in [5, 5.41) is 24.9. The Bertz CT molecular complexity index is 1630. The summed E-state index contributed by atoms with van der Waals surface area (Å²) in [6.45, 7) is 3.76. The Kier molecular flexibility index (Phi) is 9.97. The molecule has 0 spiro atoms. The molecule has 2 aromatic heterocycles. The molecule has 1 aromatic carbocycles. The molecule has 3 heterocycles. The molecule has 248 valence electrons. The summed E-state index contributed by atoms with van der Waals surface area (Å²) in [6.07, 6.45) is 6.68. The SMILES string of the molecule is C#C[C@]1(O)[C@H](n2cnc3c(OCC)nc(C)nc32)O[C@](F)(CO[P@](=O)(NC(C)C(=O)OC2CCCCC2)Oc2ccccc2)[C@H]1O. The number of terminal acetylenes is 1. The standard InChI is InChI=1S/C30H37FN5O9P/c1-5-29(39)27(38)30(31,44-28(29)36-18-32-23-24(36)33-20(4)34-25(23)41-6-2)17-42-46(40,45-22-15-11-8-12-16-22)35-19(3)26(37)43-21-13-9-7-10-14-21/h1,8,11-12,15-16,18-19,21,27-28,38-39H,6-7,9-10,13-14,17H2,2-4H3,(H,35,40)/t19?,27-,28+,29+,30+,46+/m0/s1. The number of aliphatic hydroxyl groups is 2. The molecule has 16 heteroatoms. The number of hydrogen-bond donors (Lipinski definition) is 3. The number of aryl methyl sites for hydroxylation is 1. The molecule has 1 saturated heterocycles. The molecule has 3 N–H and O–H groups in total. The smallest absolute Gasteiger partial charge is 0.459 e. The molecule has 0 amide bonds. The van der Waals surface area contributed by atoms with E-state index in [4.69, 9.17) is 29.7 Å². The van der Waals surface area contributed by atoms with Crippen molar-refractivity contribution in [2.45, 2.75) is 88.8 Å². The van der Waals surface area contributed by atoms with Gasteiger partial charge in [0.05, 0.1) is 12.9 Å². The van der Waals surface area contributed by atoms with Crippen LogP contribution in [0, 0.1) is 19.3 Å². The molecule has 46 heavy (non-hydrogen) atoms. The predicted octanol–water partition coefficient (Wildman–Crippen LogP) is 3.51. The van der Waals surface area contributed by atoms with Crippen LogP contribution in [0.4, 0.5) is 4.39 Å². The van der Waals surface area contributed by atoms with Gasteiger partial charge in [0.1, 0.15) is 30.3 Å². The lowest BCUT2D eigenvalue weighted by atomic mass is 9.94. The predicted molar refractivity (Wildman–Crippen MR) is 161 cm³/mol. The van der Waals surface area contributed by atoms with Crippen LogP contribution in [-0.4, -0.2) is 78.6 Å². The van der Waals surface area contributed by atoms with Crippen molar-refractivity contribution < 1.29 is 47.2 Å². The fraction of sp³-hybridized carbons (Fsp3) is 0.533. The van der Waals surface area contributed by atoms with Crippen molar-refractivity contribution in [3.05, 3.63) is 42.5 Å². The highest BCUT2D eigenvalue weighted by atomic mass is 31.2. The molecule has 0 bridgehead atoms. The molecule has 1 saturated carbocycles. The number of nitrogens with one attached hydrogen (secondary N) is 1. The van der Waals surface area contributed by atoms with Gasteiger partial charge in [0, 0.05) is 0 Å². The minimum atomic E-state index is -4.59. The molecular formula is C30H37FN5O9P. The number of ether oxygens (including phenoxy) is 3. The first-order chi connectivity index (χ1) is 21.9. The Labute approximate surface area is 265 Å². The Morgan fingerprint density at radius 2 is 2.00 bits per heavy atom. The molecule has 14 nitrogen and oxygen atoms in total. The van der Waals surface area contributed by atoms with Crippen LogP contribution in [0.5, 0.6) is 11.6 Å². The van der Waals surface area contributed by atoms with Crippen molar-refractivity contribution in [1.29, 1.82) is 0 Å². The second-order valence-electron chi connectivity index (χ2n) is 11.2. The van der Waals surface area contributed by atoms with Gasteiger partial charge in [-0.2, -0.15) is 10.1 Å². The average Bonchev–Trinajstić information content (AvgIpc) is 3.54. The summed E-state index contributed by atoms with van der Waals surface area (Å²) < 4.78 is 59.4. The molecule has 1 aliphatic carbocycles. The number of fused-ring (bicyclic) bond motifs is 1. The van der Waals surface area contributed by atoms with Crippen LogP contribution in [-0.2, 0) is 23.4 Å². The Morgan fingerprint density at radius 3 is 2.67 bits per heavy atom.